The van der Waals surface area contributed by atoms with E-state index in [9.17, 15) is 57.9 Å². The van der Waals surface area contributed by atoms with Crippen LogP contribution < -0.4 is 22.1 Å². The molecule has 2 amide bonds. The molecular weight excluding hydrogens is 869 g/mol. The van der Waals surface area contributed by atoms with Crippen LogP contribution in [0.5, 0.6) is 0 Å². The first kappa shape index (κ1) is 48.0. The van der Waals surface area contributed by atoms with Crippen molar-refractivity contribution in [2.45, 2.75) is 50.9 Å². The highest BCUT2D eigenvalue weighted by molar-refractivity contribution is 8.14. The average molecular weight is 913 g/mol. The second-order valence-corrected chi connectivity index (χ2v) is 18.5. The van der Waals surface area contributed by atoms with Gasteiger partial charge in [-0.05, 0) is 23.8 Å². The summed E-state index contributed by atoms with van der Waals surface area (Å²) < 4.78 is 62.2. The van der Waals surface area contributed by atoms with Gasteiger partial charge < -0.3 is 56.6 Å². The number of rotatable bonds is 21. The van der Waals surface area contributed by atoms with E-state index in [2.05, 4.69) is 34.4 Å². The number of benzene rings is 1. The molecular formula is C30H43N8O17P3S. The van der Waals surface area contributed by atoms with Crippen molar-refractivity contribution >= 4 is 80.9 Å². The van der Waals surface area contributed by atoms with Gasteiger partial charge in [0, 0.05) is 36.4 Å². The van der Waals surface area contributed by atoms with E-state index >= 15 is 0 Å². The van der Waals surface area contributed by atoms with Crippen LogP contribution in [-0.4, -0.2) is 123 Å². The van der Waals surface area contributed by atoms with Crippen LogP contribution in [0.3, 0.4) is 0 Å². The Kier molecular flexibility index (Phi) is 16.5. The van der Waals surface area contributed by atoms with Gasteiger partial charge in [-0.2, -0.15) is 4.31 Å². The number of para-hydroxylation sites is 1. The van der Waals surface area contributed by atoms with E-state index < -0.39 is 84.6 Å². The fourth-order valence-electron chi connectivity index (χ4n) is 5.15. The van der Waals surface area contributed by atoms with E-state index in [-0.39, 0.29) is 47.4 Å². The Morgan fingerprint density at radius 1 is 1.03 bits per heavy atom. The number of phosphoric ester groups is 3. The standard InChI is InChI=1S/C30H43N8O17P3S/c1-30(2,25(42)28(43)34-10-9-20(39)33-11-12-59-21(40)8-7-17-5-3-4-6-18(17)31)14-52-58(49,50)55-57(47,48)51-13-19-24(54-56(44,45)46)23(41)29(53-19)38-16-37-22-26(32)35-15-36-27(22)38/h3-8,15-16,19,23-25,29,41-42H,9-14,31H2,1-2H3,(H,33,39)(H,34,43)(H,47,48)(H,49,50)(H2,32,35,36)(H2,44,45,46)/b8-7+/t19-,23-,24-,25+,29-/m1/s1. The zero-order valence-corrected chi connectivity index (χ0v) is 34.6. The van der Waals surface area contributed by atoms with E-state index in [1.165, 1.54) is 19.9 Å². The summed E-state index contributed by atoms with van der Waals surface area (Å²) in [7, 11) is -16.4. The van der Waals surface area contributed by atoms with Gasteiger partial charge in [0.2, 0.25) is 16.9 Å². The molecule has 59 heavy (non-hydrogen) atoms. The maximum atomic E-state index is 12.7. The first-order valence-corrected chi connectivity index (χ1v) is 22.6. The minimum absolute atomic E-state index is 0.0261. The minimum Gasteiger partial charge on any atom is -0.398 e. The van der Waals surface area contributed by atoms with Crippen LogP contribution in [0.1, 0.15) is 32.1 Å². The van der Waals surface area contributed by atoms with Crippen molar-refractivity contribution in [2.24, 2.45) is 5.41 Å². The van der Waals surface area contributed by atoms with Gasteiger partial charge in [-0.1, -0.05) is 43.8 Å². The number of thioether (sulfide) groups is 1. The Morgan fingerprint density at radius 3 is 2.42 bits per heavy atom. The summed E-state index contributed by atoms with van der Waals surface area (Å²) in [5.41, 5.74) is 11.3. The molecule has 7 atom stereocenters. The number of carbonyl (C=O) groups excluding carboxylic acids is 3. The fourth-order valence-corrected chi connectivity index (χ4v) is 8.55. The van der Waals surface area contributed by atoms with Gasteiger partial charge in [0.15, 0.2) is 17.7 Å². The van der Waals surface area contributed by atoms with E-state index in [1.807, 2.05) is 0 Å². The van der Waals surface area contributed by atoms with Crippen molar-refractivity contribution in [2.75, 3.05) is 43.5 Å². The van der Waals surface area contributed by atoms with Crippen LogP contribution in [0.25, 0.3) is 17.2 Å². The molecule has 326 valence electrons. The predicted molar refractivity (Wildman–Crippen MR) is 207 cm³/mol. The van der Waals surface area contributed by atoms with Crippen molar-refractivity contribution in [3.05, 3.63) is 48.6 Å². The molecule has 3 heterocycles. The maximum absolute atomic E-state index is 12.7. The third-order valence-electron chi connectivity index (χ3n) is 8.14. The number of amides is 2. The summed E-state index contributed by atoms with van der Waals surface area (Å²) in [6.45, 7) is 0.373. The molecule has 1 saturated heterocycles. The van der Waals surface area contributed by atoms with Gasteiger partial charge in [-0.15, -0.1) is 0 Å². The lowest BCUT2D eigenvalue weighted by Gasteiger charge is -2.30. The highest BCUT2D eigenvalue weighted by atomic mass is 32.2. The summed E-state index contributed by atoms with van der Waals surface area (Å²) in [6.07, 6.45) is -4.05. The van der Waals surface area contributed by atoms with Gasteiger partial charge in [-0.25, -0.2) is 28.6 Å². The average Bonchev–Trinajstić information content (AvgIpc) is 3.71. The molecule has 0 bridgehead atoms. The highest BCUT2D eigenvalue weighted by Crippen LogP contribution is 2.61. The molecule has 0 spiro atoms. The number of nitrogen functional groups attached to an aromatic ring is 2. The van der Waals surface area contributed by atoms with E-state index in [0.717, 1.165) is 29.0 Å². The number of imidazole rings is 1. The van der Waals surface area contributed by atoms with Crippen LogP contribution in [0.2, 0.25) is 0 Å². The summed E-state index contributed by atoms with van der Waals surface area (Å²) in [5, 5.41) is 26.1. The summed E-state index contributed by atoms with van der Waals surface area (Å²) in [4.78, 5) is 87.8. The molecule has 4 rings (SSSR count). The lowest BCUT2D eigenvalue weighted by molar-refractivity contribution is -0.137. The number of carbonyl (C=O) groups is 3. The number of aliphatic hydroxyl groups excluding tert-OH is 2. The number of ether oxygens (including phenoxy) is 1. The second kappa shape index (κ2) is 20.3. The number of aromatic nitrogens is 4. The Hall–Kier alpha value is -3.68. The van der Waals surface area contributed by atoms with Crippen molar-refractivity contribution in [3.63, 3.8) is 0 Å². The van der Waals surface area contributed by atoms with E-state index in [1.54, 1.807) is 30.3 Å². The lowest BCUT2D eigenvalue weighted by Crippen LogP contribution is -2.46. The van der Waals surface area contributed by atoms with Gasteiger partial charge in [0.05, 0.1) is 19.5 Å². The van der Waals surface area contributed by atoms with Gasteiger partial charge >= 0.3 is 23.5 Å². The van der Waals surface area contributed by atoms with Crippen LogP contribution in [0, 0.1) is 5.41 Å². The second-order valence-electron chi connectivity index (χ2n) is 13.2. The number of hydrogen-bond donors (Lipinski definition) is 10. The van der Waals surface area contributed by atoms with Crippen LogP contribution in [0.4, 0.5) is 11.5 Å². The Bertz CT molecular complexity index is 2160. The molecule has 2 unspecified atom stereocenters. The molecule has 0 aliphatic carbocycles. The highest BCUT2D eigenvalue weighted by Gasteiger charge is 2.50. The maximum Gasteiger partial charge on any atom is 0.481 e. The molecule has 12 N–H and O–H groups in total. The molecule has 29 heteroatoms. The van der Waals surface area contributed by atoms with Gasteiger partial charge in [-0.3, -0.25) is 32.5 Å². The van der Waals surface area contributed by atoms with Crippen molar-refractivity contribution in [1.29, 1.82) is 0 Å². The van der Waals surface area contributed by atoms with Gasteiger partial charge in [0.1, 0.15) is 36.3 Å². The topological polar surface area (TPSA) is 390 Å². The number of anilines is 2. The van der Waals surface area contributed by atoms with Crippen molar-refractivity contribution in [3.8, 4) is 0 Å². The zero-order chi connectivity index (χ0) is 43.8. The first-order valence-electron chi connectivity index (χ1n) is 17.1. The van der Waals surface area contributed by atoms with Crippen molar-refractivity contribution < 1.29 is 80.5 Å². The van der Waals surface area contributed by atoms with Crippen LogP contribution in [0.15, 0.2) is 43.0 Å². The number of phosphoric acid groups is 3. The quantitative estimate of drug-likeness (QED) is 0.0290. The van der Waals surface area contributed by atoms with Gasteiger partial charge in [0.25, 0.3) is 0 Å². The zero-order valence-electron chi connectivity index (χ0n) is 31.1. The normalized spacial score (nSPS) is 21.2. The molecule has 3 aromatic rings. The number of fused-ring (bicyclic) bond motifs is 1. The third kappa shape index (κ3) is 14.2. The first-order chi connectivity index (χ1) is 27.5. The van der Waals surface area contributed by atoms with Crippen LogP contribution >= 0.6 is 35.2 Å². The summed E-state index contributed by atoms with van der Waals surface area (Å²) in [6, 6.07) is 7.00. The minimum atomic E-state index is -5.58. The molecule has 25 nitrogen and oxygen atoms in total. The smallest absolute Gasteiger partial charge is 0.398 e. The van der Waals surface area contributed by atoms with E-state index in [4.69, 9.17) is 25.3 Å². The molecule has 2 aromatic heterocycles. The molecule has 1 aliphatic heterocycles. The fraction of sp³-hybridized carbons (Fsp3) is 0.467. The molecule has 1 aliphatic rings. The number of nitrogens with two attached hydrogens (primary N) is 2. The largest absolute Gasteiger partial charge is 0.481 e. The Labute approximate surface area is 339 Å². The van der Waals surface area contributed by atoms with E-state index in [0.29, 0.717) is 11.3 Å². The van der Waals surface area contributed by atoms with Crippen molar-refractivity contribution in [1.82, 2.24) is 30.2 Å². The third-order valence-corrected chi connectivity index (χ3v) is 12.1. The number of nitrogens with zero attached hydrogens (tertiary/aromatic N) is 4. The summed E-state index contributed by atoms with van der Waals surface area (Å²) >= 11 is 0.968. The molecule has 1 aromatic carbocycles. The van der Waals surface area contributed by atoms with Crippen LogP contribution in [-0.2, 0) is 50.7 Å². The molecule has 0 radical (unpaired) electrons. The molecule has 0 saturated carbocycles. The Morgan fingerprint density at radius 2 is 1.73 bits per heavy atom. The summed E-state index contributed by atoms with van der Waals surface area (Å²) in [5.74, 6) is -1.24. The monoisotopic (exact) mass is 912 g/mol. The number of aliphatic hydroxyl groups is 2. The Balaban J connectivity index is 1.21. The lowest BCUT2D eigenvalue weighted by atomic mass is 9.87. The number of nitrogens with one attached hydrogen (secondary N) is 2. The molecule has 1 fully saturated rings. The number of hydrogen-bond acceptors (Lipinski definition) is 19. The SMILES string of the molecule is CC(C)(COP(=O)(O)OP(=O)(O)OC[C@H]1O[C@@H](n2cnc3c(N)ncnc32)[C@H](O)[C@@H]1OP(=O)(O)O)[C@@H](O)C(=O)NCCC(=O)NCCSC(=O)/C=C/c1ccccc1N. The predicted octanol–water partition coefficient (Wildman–Crippen LogP) is -0.0397.